The Kier molecular flexibility index (Phi) is 7.37. The molecule has 3 rings (SSSR count). The molecule has 0 aliphatic carbocycles. The average Bonchev–Trinajstić information content (AvgIpc) is 2.73. The first kappa shape index (κ1) is 21.0. The van der Waals surface area contributed by atoms with Gasteiger partial charge in [0, 0.05) is 16.6 Å². The van der Waals surface area contributed by atoms with Gasteiger partial charge in [0.2, 0.25) is 5.91 Å². The lowest BCUT2D eigenvalue weighted by atomic mass is 10.2. The van der Waals surface area contributed by atoms with Gasteiger partial charge >= 0.3 is 0 Å². The summed E-state index contributed by atoms with van der Waals surface area (Å²) < 4.78 is 5.30. The maximum absolute atomic E-state index is 12.5. The van der Waals surface area contributed by atoms with E-state index in [9.17, 15) is 9.59 Å². The Morgan fingerprint density at radius 1 is 1.17 bits per heavy atom. The number of carbonyl (C=O) groups is 2. The normalized spacial score (nSPS) is 14.4. The number of primary amides is 1. The molecule has 4 N–H and O–H groups in total. The predicted molar refractivity (Wildman–Crippen MR) is 116 cm³/mol. The van der Waals surface area contributed by atoms with E-state index >= 15 is 0 Å². The Morgan fingerprint density at radius 2 is 1.93 bits per heavy atom. The van der Waals surface area contributed by atoms with E-state index in [1.54, 1.807) is 7.11 Å². The number of para-hydroxylation sites is 1. The van der Waals surface area contributed by atoms with Crippen molar-refractivity contribution >= 4 is 35.0 Å². The second kappa shape index (κ2) is 10.2. The molecule has 2 aromatic rings. The number of quaternary nitrogens is 1. The van der Waals surface area contributed by atoms with Crippen LogP contribution in [0, 0.1) is 0 Å². The Hall–Kier alpha value is -2.71. The summed E-state index contributed by atoms with van der Waals surface area (Å²) >= 11 is 1.33. The molecule has 0 saturated carbocycles. The topological polar surface area (TPSA) is 89.1 Å². The lowest BCUT2D eigenvalue weighted by Crippen LogP contribution is -3.15. The molecule has 2 amide bonds. The number of benzene rings is 2. The summed E-state index contributed by atoms with van der Waals surface area (Å²) in [4.78, 5) is 28.0. The fourth-order valence-electron chi connectivity index (χ4n) is 3.33. The average molecular weight is 416 g/mol. The Labute approximate surface area is 175 Å². The van der Waals surface area contributed by atoms with Gasteiger partial charge in [-0.15, -0.1) is 11.8 Å². The number of thioether (sulfide) groups is 1. The van der Waals surface area contributed by atoms with E-state index in [0.717, 1.165) is 48.2 Å². The highest BCUT2D eigenvalue weighted by Gasteiger charge is 2.23. The number of methoxy groups -OCH3 is 1. The molecule has 0 bridgehead atoms. The summed E-state index contributed by atoms with van der Waals surface area (Å²) in [6.07, 6.45) is 0. The van der Waals surface area contributed by atoms with Crippen LogP contribution in [0.2, 0.25) is 0 Å². The smallest absolute Gasteiger partial charge is 0.279 e. The molecule has 0 spiro atoms. The minimum Gasteiger partial charge on any atom is -0.497 e. The van der Waals surface area contributed by atoms with Gasteiger partial charge < -0.3 is 25.6 Å². The van der Waals surface area contributed by atoms with Crippen molar-refractivity contribution in [2.45, 2.75) is 4.90 Å². The number of rotatable bonds is 8. The Morgan fingerprint density at radius 3 is 2.66 bits per heavy atom. The minimum absolute atomic E-state index is 0.0260. The molecule has 2 aromatic carbocycles. The van der Waals surface area contributed by atoms with Gasteiger partial charge in [0.15, 0.2) is 6.54 Å². The maximum Gasteiger partial charge on any atom is 0.279 e. The van der Waals surface area contributed by atoms with Crippen LogP contribution in [0.25, 0.3) is 0 Å². The predicted octanol–water partition coefficient (Wildman–Crippen LogP) is 0.616. The number of amides is 2. The van der Waals surface area contributed by atoms with Crippen LogP contribution < -0.4 is 25.6 Å². The first-order chi connectivity index (χ1) is 14.0. The summed E-state index contributed by atoms with van der Waals surface area (Å²) in [7, 11) is 1.67. The third-order valence-electron chi connectivity index (χ3n) is 4.83. The molecule has 1 fully saturated rings. The molecule has 1 saturated heterocycles. The molecule has 0 unspecified atom stereocenters. The van der Waals surface area contributed by atoms with Crippen LogP contribution in [-0.4, -0.2) is 57.4 Å². The fraction of sp³-hybridized carbons (Fsp3) is 0.333. The van der Waals surface area contributed by atoms with E-state index in [4.69, 9.17) is 10.5 Å². The zero-order valence-electron chi connectivity index (χ0n) is 16.5. The van der Waals surface area contributed by atoms with Crippen molar-refractivity contribution in [2.24, 2.45) is 5.73 Å². The molecule has 0 atom stereocenters. The summed E-state index contributed by atoms with van der Waals surface area (Å²) in [6, 6.07) is 15.5. The molecule has 1 heterocycles. The standard InChI is InChI=1S/C21H26N4O3S/c1-28-17-6-4-5-16(13-17)25-11-9-24(10-12-25)14-21(27)23-18-7-2-3-8-19(18)29-15-20(22)26/h2-8,13H,9-12,14-15H2,1H3,(H2,22,26)(H,23,27)/p+1. The van der Waals surface area contributed by atoms with Crippen LogP contribution in [0.5, 0.6) is 5.75 Å². The second-order valence-corrected chi connectivity index (χ2v) is 7.93. The van der Waals surface area contributed by atoms with Crippen molar-refractivity contribution in [3.05, 3.63) is 48.5 Å². The van der Waals surface area contributed by atoms with Crippen molar-refractivity contribution in [2.75, 3.05) is 55.8 Å². The van der Waals surface area contributed by atoms with Gasteiger partial charge in [-0.1, -0.05) is 18.2 Å². The first-order valence-electron chi connectivity index (χ1n) is 9.57. The van der Waals surface area contributed by atoms with Crippen LogP contribution in [0.3, 0.4) is 0 Å². The van der Waals surface area contributed by atoms with E-state index < -0.39 is 0 Å². The van der Waals surface area contributed by atoms with Gasteiger partial charge in [-0.2, -0.15) is 0 Å². The highest BCUT2D eigenvalue weighted by molar-refractivity contribution is 8.00. The molecule has 29 heavy (non-hydrogen) atoms. The van der Waals surface area contributed by atoms with Crippen molar-refractivity contribution in [3.8, 4) is 5.75 Å². The minimum atomic E-state index is -0.380. The van der Waals surface area contributed by atoms with Crippen LogP contribution in [0.15, 0.2) is 53.4 Å². The van der Waals surface area contributed by atoms with E-state index in [1.807, 2.05) is 42.5 Å². The third-order valence-corrected chi connectivity index (χ3v) is 5.93. The van der Waals surface area contributed by atoms with E-state index in [-0.39, 0.29) is 17.6 Å². The van der Waals surface area contributed by atoms with Gasteiger partial charge in [0.05, 0.1) is 44.7 Å². The van der Waals surface area contributed by atoms with Gasteiger partial charge in [0.1, 0.15) is 5.75 Å². The zero-order chi connectivity index (χ0) is 20.6. The molecule has 8 heteroatoms. The molecule has 1 aliphatic heterocycles. The van der Waals surface area contributed by atoms with E-state index in [2.05, 4.69) is 16.3 Å². The van der Waals surface area contributed by atoms with Crippen molar-refractivity contribution in [1.82, 2.24) is 0 Å². The lowest BCUT2D eigenvalue weighted by Gasteiger charge is -2.33. The van der Waals surface area contributed by atoms with Crippen LogP contribution >= 0.6 is 11.8 Å². The number of hydrogen-bond acceptors (Lipinski definition) is 5. The van der Waals surface area contributed by atoms with Crippen molar-refractivity contribution in [1.29, 1.82) is 0 Å². The number of anilines is 2. The second-order valence-electron chi connectivity index (χ2n) is 6.91. The van der Waals surface area contributed by atoms with Crippen LogP contribution in [0.4, 0.5) is 11.4 Å². The van der Waals surface area contributed by atoms with E-state index in [0.29, 0.717) is 6.54 Å². The number of nitrogens with one attached hydrogen (secondary N) is 2. The van der Waals surface area contributed by atoms with Gasteiger partial charge in [0.25, 0.3) is 5.91 Å². The quantitative estimate of drug-likeness (QED) is 0.550. The van der Waals surface area contributed by atoms with Gasteiger partial charge in [-0.05, 0) is 24.3 Å². The molecule has 1 aliphatic rings. The number of nitrogens with two attached hydrogens (primary N) is 1. The maximum atomic E-state index is 12.5. The summed E-state index contributed by atoms with van der Waals surface area (Å²) in [6.45, 7) is 3.98. The van der Waals surface area contributed by atoms with E-state index in [1.165, 1.54) is 16.7 Å². The number of piperazine rings is 1. The summed E-state index contributed by atoms with van der Waals surface area (Å²) in [5.41, 5.74) is 7.09. The number of ether oxygens (including phenoxy) is 1. The number of carbonyl (C=O) groups excluding carboxylic acids is 2. The first-order valence-corrected chi connectivity index (χ1v) is 10.6. The molecule has 0 radical (unpaired) electrons. The molecular formula is C21H27N4O3S+. The largest absolute Gasteiger partial charge is 0.497 e. The van der Waals surface area contributed by atoms with Crippen LogP contribution in [-0.2, 0) is 9.59 Å². The molecule has 154 valence electrons. The number of nitrogens with zero attached hydrogens (tertiary/aromatic N) is 1. The van der Waals surface area contributed by atoms with Crippen LogP contribution in [0.1, 0.15) is 0 Å². The fourth-order valence-corrected chi connectivity index (χ4v) is 4.08. The monoisotopic (exact) mass is 415 g/mol. The zero-order valence-corrected chi connectivity index (χ0v) is 17.3. The van der Waals surface area contributed by atoms with Crippen molar-refractivity contribution in [3.63, 3.8) is 0 Å². The van der Waals surface area contributed by atoms with Crippen molar-refractivity contribution < 1.29 is 19.2 Å². The Balaban J connectivity index is 1.51. The highest BCUT2D eigenvalue weighted by atomic mass is 32.2. The SMILES string of the molecule is COc1cccc(N2CC[NH+](CC(=O)Nc3ccccc3SCC(N)=O)CC2)c1. The van der Waals surface area contributed by atoms with Gasteiger partial charge in [-0.25, -0.2) is 0 Å². The lowest BCUT2D eigenvalue weighted by molar-refractivity contribution is -0.892. The molecular weight excluding hydrogens is 388 g/mol. The number of hydrogen-bond donors (Lipinski definition) is 3. The molecule has 7 nitrogen and oxygen atoms in total. The third kappa shape index (κ3) is 6.13. The molecule has 0 aromatic heterocycles. The summed E-state index contributed by atoms with van der Waals surface area (Å²) in [5, 5.41) is 2.98. The van der Waals surface area contributed by atoms with Gasteiger partial charge in [-0.3, -0.25) is 9.59 Å². The summed E-state index contributed by atoms with van der Waals surface area (Å²) in [5.74, 6) is 0.630. The highest BCUT2D eigenvalue weighted by Crippen LogP contribution is 2.26. The Bertz CT molecular complexity index is 853.